The zero-order chi connectivity index (χ0) is 32.9. The maximum Gasteiger partial charge on any atom is 0.167 e. The molecule has 246 valence electrons. The Kier molecular flexibility index (Phi) is 13.1. The van der Waals surface area contributed by atoms with Crippen molar-refractivity contribution in [3.05, 3.63) is 60.7 Å². The number of nitrogens with zero attached hydrogens (tertiary/aromatic N) is 3. The van der Waals surface area contributed by atoms with Gasteiger partial charge in [0.1, 0.15) is 28.7 Å². The molecule has 0 aliphatic rings. The van der Waals surface area contributed by atoms with Crippen LogP contribution >= 0.6 is 0 Å². The van der Waals surface area contributed by atoms with Crippen LogP contribution in [-0.2, 0) is 0 Å². The minimum atomic E-state index is -0.00308. The van der Waals surface area contributed by atoms with Crippen LogP contribution in [0.25, 0.3) is 34.2 Å². The molecule has 0 atom stereocenters. The van der Waals surface area contributed by atoms with Gasteiger partial charge in [-0.2, -0.15) is 0 Å². The van der Waals surface area contributed by atoms with Gasteiger partial charge in [-0.05, 0) is 86.1 Å². The van der Waals surface area contributed by atoms with Crippen LogP contribution in [0.1, 0.15) is 79.1 Å². The lowest BCUT2D eigenvalue weighted by molar-refractivity contribution is 0.287. The minimum absolute atomic E-state index is 0.00308. The van der Waals surface area contributed by atoms with Gasteiger partial charge in [0.05, 0.1) is 31.5 Å². The average molecular weight is 628 g/mol. The summed E-state index contributed by atoms with van der Waals surface area (Å²) in [4.78, 5) is 14.1. The van der Waals surface area contributed by atoms with Crippen LogP contribution in [-0.4, -0.2) is 45.5 Å². The van der Waals surface area contributed by atoms with Crippen molar-refractivity contribution in [1.29, 1.82) is 0 Å². The van der Waals surface area contributed by atoms with E-state index in [1.54, 1.807) is 31.4 Å². The van der Waals surface area contributed by atoms with E-state index < -0.39 is 0 Å². The SMILES string of the molecule is CCC(CC)CCCOc1ccc(-c2nc(-c3ccc(OC)cc3)nc(-c3ccc(OCCCC(CC)CC)cc3O)n2)c(O)c1. The summed E-state index contributed by atoms with van der Waals surface area (Å²) in [6, 6.07) is 17.7. The molecule has 3 aromatic carbocycles. The molecule has 0 aliphatic carbocycles. The van der Waals surface area contributed by atoms with E-state index in [-0.39, 0.29) is 23.1 Å². The maximum atomic E-state index is 11.1. The Bertz CT molecular complexity index is 1430. The number of phenols is 2. The quantitative estimate of drug-likeness (QED) is 0.105. The zero-order valence-corrected chi connectivity index (χ0v) is 28.0. The number of phenolic OH excluding ortho intramolecular Hbond substituents is 2. The number of hydrogen-bond donors (Lipinski definition) is 2. The molecule has 0 spiro atoms. The molecule has 0 saturated heterocycles. The van der Waals surface area contributed by atoms with Gasteiger partial charge in [0, 0.05) is 17.7 Å². The lowest BCUT2D eigenvalue weighted by atomic mass is 9.98. The van der Waals surface area contributed by atoms with Crippen molar-refractivity contribution in [3.8, 4) is 62.9 Å². The molecule has 0 bridgehead atoms. The highest BCUT2D eigenvalue weighted by Crippen LogP contribution is 2.36. The Morgan fingerprint density at radius 3 is 1.37 bits per heavy atom. The molecule has 0 aliphatic heterocycles. The highest BCUT2D eigenvalue weighted by atomic mass is 16.5. The summed E-state index contributed by atoms with van der Waals surface area (Å²) < 4.78 is 17.2. The molecular weight excluding hydrogens is 578 g/mol. The summed E-state index contributed by atoms with van der Waals surface area (Å²) in [5.74, 6) is 4.24. The maximum absolute atomic E-state index is 11.1. The molecule has 0 amide bonds. The van der Waals surface area contributed by atoms with Crippen molar-refractivity contribution in [1.82, 2.24) is 15.0 Å². The van der Waals surface area contributed by atoms with Crippen LogP contribution < -0.4 is 14.2 Å². The van der Waals surface area contributed by atoms with Crippen molar-refractivity contribution in [3.63, 3.8) is 0 Å². The van der Waals surface area contributed by atoms with E-state index >= 15 is 0 Å². The number of aromatic nitrogens is 3. The monoisotopic (exact) mass is 627 g/mol. The molecule has 1 aromatic heterocycles. The Labute approximate surface area is 273 Å². The summed E-state index contributed by atoms with van der Waals surface area (Å²) in [5.41, 5.74) is 1.60. The fraction of sp³-hybridized carbons (Fsp3) is 0.447. The predicted octanol–water partition coefficient (Wildman–Crippen LogP) is 9.48. The summed E-state index contributed by atoms with van der Waals surface area (Å²) in [6.45, 7) is 10.1. The number of benzene rings is 3. The van der Waals surface area contributed by atoms with Crippen LogP contribution in [0.5, 0.6) is 28.7 Å². The highest BCUT2D eigenvalue weighted by Gasteiger charge is 2.18. The minimum Gasteiger partial charge on any atom is -0.507 e. The highest BCUT2D eigenvalue weighted by molar-refractivity contribution is 5.72. The smallest absolute Gasteiger partial charge is 0.167 e. The van der Waals surface area contributed by atoms with Gasteiger partial charge in [0.15, 0.2) is 17.5 Å². The van der Waals surface area contributed by atoms with Gasteiger partial charge in [-0.1, -0.05) is 53.4 Å². The Morgan fingerprint density at radius 2 is 0.978 bits per heavy atom. The van der Waals surface area contributed by atoms with Crippen molar-refractivity contribution in [2.24, 2.45) is 11.8 Å². The van der Waals surface area contributed by atoms with Crippen LogP contribution in [0, 0.1) is 11.8 Å². The number of hydrogen-bond acceptors (Lipinski definition) is 8. The second-order valence-electron chi connectivity index (χ2n) is 11.7. The van der Waals surface area contributed by atoms with Crippen molar-refractivity contribution >= 4 is 0 Å². The first-order valence-electron chi connectivity index (χ1n) is 16.7. The topological polar surface area (TPSA) is 107 Å². The van der Waals surface area contributed by atoms with Gasteiger partial charge in [-0.25, -0.2) is 15.0 Å². The Hall–Kier alpha value is -4.33. The molecule has 8 heteroatoms. The third-order valence-electron chi connectivity index (χ3n) is 8.76. The van der Waals surface area contributed by atoms with E-state index in [2.05, 4.69) is 27.7 Å². The second kappa shape index (κ2) is 17.4. The van der Waals surface area contributed by atoms with Crippen LogP contribution in [0.2, 0.25) is 0 Å². The number of methoxy groups -OCH3 is 1. The first-order chi connectivity index (χ1) is 22.4. The van der Waals surface area contributed by atoms with E-state index in [0.717, 1.165) is 31.2 Å². The largest absolute Gasteiger partial charge is 0.507 e. The van der Waals surface area contributed by atoms with Gasteiger partial charge < -0.3 is 24.4 Å². The van der Waals surface area contributed by atoms with Gasteiger partial charge in [0.2, 0.25) is 0 Å². The van der Waals surface area contributed by atoms with Gasteiger partial charge in [0.25, 0.3) is 0 Å². The molecule has 2 N–H and O–H groups in total. The number of rotatable bonds is 18. The molecule has 4 rings (SSSR count). The molecule has 0 radical (unpaired) electrons. The third-order valence-corrected chi connectivity index (χ3v) is 8.76. The predicted molar refractivity (Wildman–Crippen MR) is 184 cm³/mol. The van der Waals surface area contributed by atoms with Crippen molar-refractivity contribution < 1.29 is 24.4 Å². The van der Waals surface area contributed by atoms with Gasteiger partial charge >= 0.3 is 0 Å². The average Bonchev–Trinajstić information content (AvgIpc) is 3.08. The molecule has 46 heavy (non-hydrogen) atoms. The second-order valence-corrected chi connectivity index (χ2v) is 11.7. The standard InChI is InChI=1S/C38H49N3O5/c1-6-26(7-2)12-10-22-45-30-18-20-32(34(42)24-30)37-39-36(28-14-16-29(44-5)17-15-28)40-38(41-37)33-21-19-31(25-35(33)43)46-23-11-13-27(8-3)9-4/h14-21,24-27,42-43H,6-13,22-23H2,1-5H3. The summed E-state index contributed by atoms with van der Waals surface area (Å²) >= 11 is 0. The van der Waals surface area contributed by atoms with Gasteiger partial charge in [-0.15, -0.1) is 0 Å². The fourth-order valence-electron chi connectivity index (χ4n) is 5.58. The fourth-order valence-corrected chi connectivity index (χ4v) is 5.58. The van der Waals surface area contributed by atoms with Gasteiger partial charge in [-0.3, -0.25) is 0 Å². The normalized spacial score (nSPS) is 11.3. The van der Waals surface area contributed by atoms with Crippen LogP contribution in [0.4, 0.5) is 0 Å². The van der Waals surface area contributed by atoms with E-state index in [0.29, 0.717) is 59.2 Å². The molecule has 0 saturated carbocycles. The molecule has 4 aromatic rings. The summed E-state index contributed by atoms with van der Waals surface area (Å²) in [7, 11) is 1.61. The lowest BCUT2D eigenvalue weighted by Crippen LogP contribution is -2.03. The van der Waals surface area contributed by atoms with E-state index in [1.165, 1.54) is 25.7 Å². The van der Waals surface area contributed by atoms with Crippen LogP contribution in [0.3, 0.4) is 0 Å². The first-order valence-corrected chi connectivity index (χ1v) is 16.7. The van der Waals surface area contributed by atoms with Crippen molar-refractivity contribution in [2.45, 2.75) is 79.1 Å². The number of ether oxygens (including phenoxy) is 3. The van der Waals surface area contributed by atoms with E-state index in [4.69, 9.17) is 29.2 Å². The Morgan fingerprint density at radius 1 is 0.565 bits per heavy atom. The zero-order valence-electron chi connectivity index (χ0n) is 28.0. The van der Waals surface area contributed by atoms with Crippen LogP contribution in [0.15, 0.2) is 60.7 Å². The molecule has 0 unspecified atom stereocenters. The molecule has 0 fully saturated rings. The molecular formula is C38H49N3O5. The Balaban J connectivity index is 1.59. The molecule has 1 heterocycles. The summed E-state index contributed by atoms with van der Waals surface area (Å²) in [5, 5.41) is 22.1. The lowest BCUT2D eigenvalue weighted by Gasteiger charge is -2.14. The number of aromatic hydroxyl groups is 2. The van der Waals surface area contributed by atoms with E-state index in [1.807, 2.05) is 36.4 Å². The van der Waals surface area contributed by atoms with E-state index in [9.17, 15) is 10.2 Å². The third kappa shape index (κ3) is 9.35. The summed E-state index contributed by atoms with van der Waals surface area (Å²) in [6.07, 6.45) is 8.86. The van der Waals surface area contributed by atoms with Crippen molar-refractivity contribution in [2.75, 3.05) is 20.3 Å². The molecule has 8 nitrogen and oxygen atoms in total. The first kappa shape index (κ1) is 34.5.